The smallest absolute Gasteiger partial charge is 0.254 e. The van der Waals surface area contributed by atoms with E-state index < -0.39 is 0 Å². The van der Waals surface area contributed by atoms with Gasteiger partial charge in [-0.3, -0.25) is 19.1 Å². The average molecular weight is 601 g/mol. The Kier molecular flexibility index (Phi) is 7.62. The van der Waals surface area contributed by atoms with Crippen molar-refractivity contribution in [3.8, 4) is 28.1 Å². The van der Waals surface area contributed by atoms with Gasteiger partial charge in [0.15, 0.2) is 5.15 Å². The summed E-state index contributed by atoms with van der Waals surface area (Å²) in [4.78, 5) is 36.2. The van der Waals surface area contributed by atoms with Gasteiger partial charge in [-0.2, -0.15) is 0 Å². The number of nitrogens with one attached hydrogen (secondary N) is 1. The van der Waals surface area contributed by atoms with Gasteiger partial charge in [0.2, 0.25) is 5.91 Å². The number of anilines is 1. The average Bonchev–Trinajstić information content (AvgIpc) is 3.41. The van der Waals surface area contributed by atoms with Crippen LogP contribution in [0, 0.1) is 12.8 Å². The highest BCUT2D eigenvalue weighted by atomic mass is 35.5. The molecule has 0 aliphatic carbocycles. The lowest BCUT2D eigenvalue weighted by Crippen LogP contribution is -2.27. The van der Waals surface area contributed by atoms with Gasteiger partial charge >= 0.3 is 0 Å². The maximum absolute atomic E-state index is 13.7. The van der Waals surface area contributed by atoms with Crippen LogP contribution in [0.1, 0.15) is 43.5 Å². The largest absolute Gasteiger partial charge is 0.325 e. The van der Waals surface area contributed by atoms with Gasteiger partial charge in [-0.1, -0.05) is 53.9 Å². The van der Waals surface area contributed by atoms with Crippen LogP contribution in [0.15, 0.2) is 78.1 Å². The minimum absolute atomic E-state index is 0.0255. The molecule has 1 N–H and O–H groups in total. The molecule has 4 heterocycles. The summed E-state index contributed by atoms with van der Waals surface area (Å²) in [7, 11) is 0. The third kappa shape index (κ3) is 5.45. The molecule has 0 fully saturated rings. The predicted molar refractivity (Wildman–Crippen MR) is 163 cm³/mol. The Labute approximate surface area is 252 Å². The van der Waals surface area contributed by atoms with Gasteiger partial charge in [-0.05, 0) is 67.3 Å². The lowest BCUT2D eigenvalue weighted by Gasteiger charge is -2.23. The molecule has 212 valence electrons. The first-order valence-corrected chi connectivity index (χ1v) is 14.4. The van der Waals surface area contributed by atoms with E-state index in [1.807, 2.05) is 44.2 Å². The standard InChI is InChI=1S/C31H27Cl2N7O2/c1-18-5-3-7-23-30(18)20-11-12-34-25(13-20)27(8-4-6-19(2)31(42)36-23)39-17-35-24(15-29(39)41)22-14-21(32)9-10-26(22)40-16-28(33)37-38-40/h3,5,7,9-17,19,27H,4,6,8H2,1-2H3,(H,36,42)/t19-,27+/m1/s1. The summed E-state index contributed by atoms with van der Waals surface area (Å²) in [6.45, 7) is 3.94. The van der Waals surface area contributed by atoms with Gasteiger partial charge in [0.25, 0.3) is 5.56 Å². The Bertz CT molecular complexity index is 1870. The third-order valence-electron chi connectivity index (χ3n) is 7.62. The summed E-state index contributed by atoms with van der Waals surface area (Å²) in [6.07, 6.45) is 6.85. The zero-order valence-corrected chi connectivity index (χ0v) is 24.5. The molecule has 1 amide bonds. The van der Waals surface area contributed by atoms with Gasteiger partial charge in [0.05, 0.1) is 35.6 Å². The number of halogens is 2. The first-order chi connectivity index (χ1) is 20.3. The topological polar surface area (TPSA) is 108 Å². The van der Waals surface area contributed by atoms with E-state index >= 15 is 0 Å². The highest BCUT2D eigenvalue weighted by molar-refractivity contribution is 6.31. The summed E-state index contributed by atoms with van der Waals surface area (Å²) in [5.41, 5.74) is 5.82. The van der Waals surface area contributed by atoms with Gasteiger partial charge in [-0.25, -0.2) is 9.67 Å². The molecule has 2 aromatic carbocycles. The number of pyridine rings is 1. The SMILES string of the molecule is Cc1cccc2c1-c1ccnc(c1)[C@@H](n1cnc(-c3cc(Cl)ccc3-n3cc(Cl)nn3)cc1=O)CCC[C@@H](C)C(=O)N2. The third-order valence-corrected chi connectivity index (χ3v) is 8.03. The molecule has 3 aromatic heterocycles. The fraction of sp³-hybridized carbons (Fsp3) is 0.226. The predicted octanol–water partition coefficient (Wildman–Crippen LogP) is 6.52. The van der Waals surface area contributed by atoms with Crippen molar-refractivity contribution in [2.24, 2.45) is 5.92 Å². The number of nitrogens with zero attached hydrogens (tertiary/aromatic N) is 6. The van der Waals surface area contributed by atoms with Crippen LogP contribution in [0.25, 0.3) is 28.1 Å². The highest BCUT2D eigenvalue weighted by Gasteiger charge is 2.23. The number of aryl methyl sites for hydroxylation is 1. The van der Waals surface area contributed by atoms with E-state index in [-0.39, 0.29) is 28.6 Å². The Hall–Kier alpha value is -4.34. The summed E-state index contributed by atoms with van der Waals surface area (Å²) in [5.74, 6) is -0.226. The maximum Gasteiger partial charge on any atom is 0.254 e. The molecule has 2 atom stereocenters. The van der Waals surface area contributed by atoms with Crippen LogP contribution in [0.2, 0.25) is 10.2 Å². The van der Waals surface area contributed by atoms with E-state index in [2.05, 4.69) is 20.6 Å². The lowest BCUT2D eigenvalue weighted by molar-refractivity contribution is -0.119. The summed E-state index contributed by atoms with van der Waals surface area (Å²) >= 11 is 12.3. The monoisotopic (exact) mass is 599 g/mol. The molecule has 1 aliphatic rings. The number of carbonyl (C=O) groups excluding carboxylic acids is 1. The number of aromatic nitrogens is 6. The van der Waals surface area contributed by atoms with E-state index in [4.69, 9.17) is 28.2 Å². The Morgan fingerprint density at radius 1 is 1.00 bits per heavy atom. The molecule has 42 heavy (non-hydrogen) atoms. The van der Waals surface area contributed by atoms with Crippen molar-refractivity contribution in [3.63, 3.8) is 0 Å². The molecular weight excluding hydrogens is 573 g/mol. The summed E-state index contributed by atoms with van der Waals surface area (Å²) < 4.78 is 3.13. The molecular formula is C31H27Cl2N7O2. The van der Waals surface area contributed by atoms with Crippen LogP contribution in [-0.2, 0) is 4.79 Å². The molecule has 5 aromatic rings. The van der Waals surface area contributed by atoms with Crippen molar-refractivity contribution in [3.05, 3.63) is 105 Å². The van der Waals surface area contributed by atoms with E-state index in [1.54, 1.807) is 41.5 Å². The highest BCUT2D eigenvalue weighted by Crippen LogP contribution is 2.35. The maximum atomic E-state index is 13.7. The number of carbonyl (C=O) groups is 1. The van der Waals surface area contributed by atoms with Crippen molar-refractivity contribution < 1.29 is 4.79 Å². The zero-order chi connectivity index (χ0) is 29.4. The van der Waals surface area contributed by atoms with Crippen LogP contribution in [-0.4, -0.2) is 35.4 Å². The Morgan fingerprint density at radius 2 is 1.86 bits per heavy atom. The molecule has 0 spiro atoms. The van der Waals surface area contributed by atoms with Gasteiger partial charge in [0.1, 0.15) is 0 Å². The van der Waals surface area contributed by atoms with Gasteiger partial charge < -0.3 is 5.32 Å². The van der Waals surface area contributed by atoms with Gasteiger partial charge in [0, 0.05) is 40.0 Å². The van der Waals surface area contributed by atoms with E-state index in [1.165, 1.54) is 10.7 Å². The number of benzene rings is 2. The summed E-state index contributed by atoms with van der Waals surface area (Å²) in [5, 5.41) is 11.8. The van der Waals surface area contributed by atoms with Gasteiger partial charge in [-0.15, -0.1) is 5.10 Å². The second-order valence-corrected chi connectivity index (χ2v) is 11.3. The molecule has 0 saturated heterocycles. The van der Waals surface area contributed by atoms with Crippen LogP contribution in [0.5, 0.6) is 0 Å². The molecule has 9 nitrogen and oxygen atoms in total. The fourth-order valence-corrected chi connectivity index (χ4v) is 5.74. The molecule has 6 rings (SSSR count). The molecule has 2 bridgehead atoms. The van der Waals surface area contributed by atoms with Crippen molar-refractivity contribution in [2.75, 3.05) is 5.32 Å². The zero-order valence-electron chi connectivity index (χ0n) is 23.0. The normalized spacial score (nSPS) is 17.1. The molecule has 1 aliphatic heterocycles. The van der Waals surface area contributed by atoms with Crippen LogP contribution in [0.4, 0.5) is 5.69 Å². The fourth-order valence-electron chi connectivity index (χ4n) is 5.44. The van der Waals surface area contributed by atoms with Crippen molar-refractivity contribution in [1.29, 1.82) is 0 Å². The van der Waals surface area contributed by atoms with E-state index in [0.717, 1.165) is 28.1 Å². The second-order valence-electron chi connectivity index (χ2n) is 10.5. The van der Waals surface area contributed by atoms with Crippen molar-refractivity contribution in [2.45, 2.75) is 39.2 Å². The molecule has 0 saturated carbocycles. The van der Waals surface area contributed by atoms with Crippen LogP contribution in [0.3, 0.4) is 0 Å². The Morgan fingerprint density at radius 3 is 2.64 bits per heavy atom. The van der Waals surface area contributed by atoms with Crippen LogP contribution < -0.4 is 10.9 Å². The first-order valence-electron chi connectivity index (χ1n) is 13.6. The first kappa shape index (κ1) is 27.8. The number of amides is 1. The lowest BCUT2D eigenvalue weighted by atomic mass is 9.93. The quantitative estimate of drug-likeness (QED) is 0.253. The minimum Gasteiger partial charge on any atom is -0.325 e. The van der Waals surface area contributed by atoms with E-state index in [9.17, 15) is 9.59 Å². The second kappa shape index (κ2) is 11.5. The number of fused-ring (bicyclic) bond motifs is 4. The minimum atomic E-state index is -0.380. The number of rotatable bonds is 3. The molecule has 11 heteroatoms. The molecule has 0 radical (unpaired) electrons. The van der Waals surface area contributed by atoms with E-state index in [0.29, 0.717) is 41.2 Å². The number of hydrogen-bond acceptors (Lipinski definition) is 6. The Balaban J connectivity index is 1.45. The van der Waals surface area contributed by atoms with Crippen molar-refractivity contribution in [1.82, 2.24) is 29.5 Å². The van der Waals surface area contributed by atoms with Crippen LogP contribution >= 0.6 is 23.2 Å². The number of hydrogen-bond donors (Lipinski definition) is 1. The molecule has 0 unspecified atom stereocenters. The van der Waals surface area contributed by atoms with Crippen molar-refractivity contribution >= 4 is 34.8 Å². The summed E-state index contributed by atoms with van der Waals surface area (Å²) in [6, 6.07) is 16.1.